The molecule has 6 nitrogen and oxygen atoms in total. The van der Waals surface area contributed by atoms with Crippen LogP contribution in [0.1, 0.15) is 11.3 Å². The van der Waals surface area contributed by atoms with Gasteiger partial charge in [0.15, 0.2) is 0 Å². The van der Waals surface area contributed by atoms with E-state index in [0.29, 0.717) is 5.69 Å². The summed E-state index contributed by atoms with van der Waals surface area (Å²) < 4.78 is 0. The summed E-state index contributed by atoms with van der Waals surface area (Å²) >= 11 is 0. The van der Waals surface area contributed by atoms with E-state index in [-0.39, 0.29) is 18.7 Å². The van der Waals surface area contributed by atoms with E-state index in [1.807, 2.05) is 30.3 Å². The van der Waals surface area contributed by atoms with Gasteiger partial charge in [0, 0.05) is 18.3 Å². The number of amides is 1. The number of H-pyrrole nitrogens is 1. The van der Waals surface area contributed by atoms with E-state index in [2.05, 4.69) is 15.3 Å². The molecule has 0 spiro atoms. The Labute approximate surface area is 115 Å². The third-order valence-corrected chi connectivity index (χ3v) is 2.82. The topological polar surface area (TPSA) is 95.1 Å². The number of aromatic amines is 1. The van der Waals surface area contributed by atoms with Gasteiger partial charge in [-0.1, -0.05) is 30.3 Å². The number of carbonyl (C=O) groups excluding carboxylic acids is 1. The van der Waals surface area contributed by atoms with Crippen molar-refractivity contribution in [3.63, 3.8) is 0 Å². The van der Waals surface area contributed by atoms with E-state index in [4.69, 9.17) is 5.11 Å². The van der Waals surface area contributed by atoms with E-state index in [1.165, 1.54) is 6.33 Å². The zero-order valence-electron chi connectivity index (χ0n) is 10.7. The Hall–Kier alpha value is -2.63. The number of aromatic nitrogens is 2. The smallest absolute Gasteiger partial charge is 0.326 e. The van der Waals surface area contributed by atoms with Crippen molar-refractivity contribution in [1.29, 1.82) is 0 Å². The van der Waals surface area contributed by atoms with Gasteiger partial charge in [-0.25, -0.2) is 9.78 Å². The summed E-state index contributed by atoms with van der Waals surface area (Å²) in [6, 6.07) is 8.21. The summed E-state index contributed by atoms with van der Waals surface area (Å²) in [6.45, 7) is 0. The Morgan fingerprint density at radius 2 is 2.05 bits per heavy atom. The molecule has 3 N–H and O–H groups in total. The van der Waals surface area contributed by atoms with Crippen molar-refractivity contribution in [2.24, 2.45) is 0 Å². The Morgan fingerprint density at radius 1 is 1.30 bits per heavy atom. The first-order chi connectivity index (χ1) is 9.65. The summed E-state index contributed by atoms with van der Waals surface area (Å²) in [5.74, 6) is -1.39. The Kier molecular flexibility index (Phi) is 4.49. The second-order valence-electron chi connectivity index (χ2n) is 4.40. The maximum atomic E-state index is 11.9. The fourth-order valence-electron chi connectivity index (χ4n) is 1.84. The molecule has 1 aromatic carbocycles. The standard InChI is InChI=1S/C14H15N3O3/c18-13(6-10-4-2-1-3-5-10)17-12(14(19)20)7-11-8-15-9-16-11/h1-5,8-9,12H,6-7H2,(H,15,16)(H,17,18)(H,19,20)/t12-/m1/s1. The molecule has 0 aliphatic heterocycles. The van der Waals surface area contributed by atoms with Crippen LogP contribution in [0.25, 0.3) is 0 Å². The first-order valence-corrected chi connectivity index (χ1v) is 6.18. The molecule has 1 amide bonds. The van der Waals surface area contributed by atoms with Gasteiger partial charge in [-0.3, -0.25) is 4.79 Å². The minimum atomic E-state index is -1.07. The number of carboxylic acid groups (broad SMARTS) is 1. The molecule has 0 saturated heterocycles. The van der Waals surface area contributed by atoms with Crippen LogP contribution in [0, 0.1) is 0 Å². The number of carbonyl (C=O) groups is 2. The van der Waals surface area contributed by atoms with Crippen LogP contribution in [0.2, 0.25) is 0 Å². The third kappa shape index (κ3) is 3.94. The number of hydrogen-bond donors (Lipinski definition) is 3. The monoisotopic (exact) mass is 273 g/mol. The van der Waals surface area contributed by atoms with E-state index in [0.717, 1.165) is 5.56 Å². The molecule has 0 bridgehead atoms. The predicted molar refractivity (Wildman–Crippen MR) is 72.0 cm³/mol. The molecule has 1 atom stereocenters. The minimum Gasteiger partial charge on any atom is -0.480 e. The molecule has 6 heteroatoms. The van der Waals surface area contributed by atoms with E-state index < -0.39 is 12.0 Å². The summed E-state index contributed by atoms with van der Waals surface area (Å²) in [4.78, 5) is 29.7. The second kappa shape index (κ2) is 6.51. The van der Waals surface area contributed by atoms with Crippen LogP contribution >= 0.6 is 0 Å². The van der Waals surface area contributed by atoms with E-state index in [9.17, 15) is 9.59 Å². The van der Waals surface area contributed by atoms with E-state index >= 15 is 0 Å². The van der Waals surface area contributed by atoms with Gasteiger partial charge >= 0.3 is 5.97 Å². The van der Waals surface area contributed by atoms with Gasteiger partial charge in [-0.15, -0.1) is 0 Å². The molecule has 1 heterocycles. The molecule has 0 radical (unpaired) electrons. The number of benzene rings is 1. The molecule has 0 aliphatic rings. The number of nitrogens with one attached hydrogen (secondary N) is 2. The highest BCUT2D eigenvalue weighted by Crippen LogP contribution is 2.02. The molecule has 104 valence electrons. The fourth-order valence-corrected chi connectivity index (χ4v) is 1.84. The number of carboxylic acids is 1. The van der Waals surface area contributed by atoms with Gasteiger partial charge in [-0.05, 0) is 5.56 Å². The van der Waals surface area contributed by atoms with Crippen LogP contribution in [-0.2, 0) is 22.4 Å². The van der Waals surface area contributed by atoms with Gasteiger partial charge in [0.05, 0.1) is 12.7 Å². The van der Waals surface area contributed by atoms with Crippen LogP contribution in [0.15, 0.2) is 42.9 Å². The van der Waals surface area contributed by atoms with Crippen molar-refractivity contribution in [1.82, 2.24) is 15.3 Å². The van der Waals surface area contributed by atoms with Crippen LogP contribution in [-0.4, -0.2) is 33.0 Å². The number of imidazole rings is 1. The molecular weight excluding hydrogens is 258 g/mol. The maximum Gasteiger partial charge on any atom is 0.326 e. The first-order valence-electron chi connectivity index (χ1n) is 6.18. The van der Waals surface area contributed by atoms with Crippen molar-refractivity contribution >= 4 is 11.9 Å². The van der Waals surface area contributed by atoms with Crippen LogP contribution in [0.4, 0.5) is 0 Å². The molecular formula is C14H15N3O3. The van der Waals surface area contributed by atoms with Crippen molar-refractivity contribution in [2.75, 3.05) is 0 Å². The van der Waals surface area contributed by atoms with Crippen LogP contribution < -0.4 is 5.32 Å². The van der Waals surface area contributed by atoms with E-state index in [1.54, 1.807) is 6.20 Å². The van der Waals surface area contributed by atoms with Crippen molar-refractivity contribution in [2.45, 2.75) is 18.9 Å². The molecule has 0 unspecified atom stereocenters. The number of aliphatic carboxylic acids is 1. The fraction of sp³-hybridized carbons (Fsp3) is 0.214. The van der Waals surface area contributed by atoms with Gasteiger partial charge in [0.2, 0.25) is 5.91 Å². The second-order valence-corrected chi connectivity index (χ2v) is 4.40. The predicted octanol–water partition coefficient (Wildman–Crippen LogP) is 0.764. The van der Waals surface area contributed by atoms with Gasteiger partial charge in [-0.2, -0.15) is 0 Å². The number of hydrogen-bond acceptors (Lipinski definition) is 3. The molecule has 2 aromatic rings. The normalized spacial score (nSPS) is 11.8. The summed E-state index contributed by atoms with van der Waals surface area (Å²) in [5, 5.41) is 11.7. The SMILES string of the molecule is O=C(Cc1ccccc1)N[C@H](Cc1cnc[nH]1)C(=O)O. The largest absolute Gasteiger partial charge is 0.480 e. The van der Waals surface area contributed by atoms with Crippen LogP contribution in [0.5, 0.6) is 0 Å². The lowest BCUT2D eigenvalue weighted by molar-refractivity contribution is -0.141. The van der Waals surface area contributed by atoms with Crippen molar-refractivity contribution in [3.8, 4) is 0 Å². The summed E-state index contributed by atoms with van der Waals surface area (Å²) in [5.41, 5.74) is 1.51. The first kappa shape index (κ1) is 13.8. The number of nitrogens with zero attached hydrogens (tertiary/aromatic N) is 1. The van der Waals surface area contributed by atoms with Crippen molar-refractivity contribution in [3.05, 3.63) is 54.1 Å². The molecule has 0 fully saturated rings. The zero-order valence-corrected chi connectivity index (χ0v) is 10.7. The molecule has 0 saturated carbocycles. The average Bonchev–Trinajstić information content (AvgIpc) is 2.92. The number of rotatable bonds is 6. The average molecular weight is 273 g/mol. The highest BCUT2D eigenvalue weighted by atomic mass is 16.4. The maximum absolute atomic E-state index is 11.9. The zero-order chi connectivity index (χ0) is 14.4. The highest BCUT2D eigenvalue weighted by Gasteiger charge is 2.20. The van der Waals surface area contributed by atoms with Gasteiger partial charge in [0.25, 0.3) is 0 Å². The van der Waals surface area contributed by atoms with Crippen molar-refractivity contribution < 1.29 is 14.7 Å². The third-order valence-electron chi connectivity index (χ3n) is 2.82. The lowest BCUT2D eigenvalue weighted by Gasteiger charge is -2.13. The molecule has 20 heavy (non-hydrogen) atoms. The molecule has 2 rings (SSSR count). The Bertz CT molecular complexity index is 567. The van der Waals surface area contributed by atoms with Crippen LogP contribution in [0.3, 0.4) is 0 Å². The lowest BCUT2D eigenvalue weighted by Crippen LogP contribution is -2.43. The van der Waals surface area contributed by atoms with Gasteiger partial charge < -0.3 is 15.4 Å². The highest BCUT2D eigenvalue weighted by molar-refractivity contribution is 5.85. The summed E-state index contributed by atoms with van der Waals surface area (Å²) in [7, 11) is 0. The Balaban J connectivity index is 1.94. The minimum absolute atomic E-state index is 0.160. The lowest BCUT2D eigenvalue weighted by atomic mass is 10.1. The summed E-state index contributed by atoms with van der Waals surface area (Å²) in [6.07, 6.45) is 3.35. The quantitative estimate of drug-likeness (QED) is 0.724. The van der Waals surface area contributed by atoms with Gasteiger partial charge in [0.1, 0.15) is 6.04 Å². The molecule has 0 aliphatic carbocycles. The Morgan fingerprint density at radius 3 is 2.65 bits per heavy atom. The molecule has 1 aromatic heterocycles.